The number of carbonyl (C=O) groups excluding carboxylic acids is 4. The van der Waals surface area contributed by atoms with Gasteiger partial charge in [-0.2, -0.15) is 0 Å². The van der Waals surface area contributed by atoms with Crippen LogP contribution in [0, 0.1) is 0 Å². The zero-order valence-corrected chi connectivity index (χ0v) is 16.2. The highest BCUT2D eigenvalue weighted by Gasteiger charge is 2.68. The number of piperidine rings is 1. The molecule has 4 unspecified atom stereocenters. The molecule has 1 aromatic carbocycles. The molecule has 10 nitrogen and oxygen atoms in total. The Hall–Kier alpha value is -2.98. The number of ether oxygens (including phenoxy) is 2. The fourth-order valence-electron chi connectivity index (χ4n) is 3.70. The molecule has 0 spiro atoms. The van der Waals surface area contributed by atoms with E-state index in [1.807, 2.05) is 0 Å². The number of carbonyl (C=O) groups is 4. The standard InChI is InChI=1S/C20H22N2O8/c21-16(23)15-20(28-15,11-12-7-3-1-4-8-12)19(26)30-29-18(25)14-13(27-14)17(24)22-9-5-2-6-10-22/h1,3-4,7-8,13-15H,2,5-6,9-11H2,(H2,21,23). The zero-order valence-electron chi connectivity index (χ0n) is 16.2. The first kappa shape index (κ1) is 20.3. The number of hydrogen-bond donors (Lipinski definition) is 1. The molecular formula is C20H22N2O8. The number of epoxide rings is 2. The van der Waals surface area contributed by atoms with Gasteiger partial charge in [0.1, 0.15) is 0 Å². The third kappa shape index (κ3) is 4.01. The van der Waals surface area contributed by atoms with Gasteiger partial charge in [-0.25, -0.2) is 19.4 Å². The summed E-state index contributed by atoms with van der Waals surface area (Å²) in [5.41, 5.74) is 4.32. The number of hydrogen-bond acceptors (Lipinski definition) is 8. The smallest absolute Gasteiger partial charge is 0.367 e. The predicted molar refractivity (Wildman–Crippen MR) is 98.2 cm³/mol. The molecule has 0 bridgehead atoms. The lowest BCUT2D eigenvalue weighted by molar-refractivity contribution is -0.263. The molecule has 1 aromatic rings. The Morgan fingerprint density at radius 3 is 2.37 bits per heavy atom. The molecule has 3 aliphatic heterocycles. The van der Waals surface area contributed by atoms with E-state index in [1.165, 1.54) is 0 Å². The van der Waals surface area contributed by atoms with Gasteiger partial charge in [0.25, 0.3) is 5.91 Å². The molecule has 3 fully saturated rings. The van der Waals surface area contributed by atoms with Crippen molar-refractivity contribution in [2.75, 3.05) is 13.1 Å². The summed E-state index contributed by atoms with van der Waals surface area (Å²) in [4.78, 5) is 59.3. The fourth-order valence-corrected chi connectivity index (χ4v) is 3.70. The van der Waals surface area contributed by atoms with E-state index in [0.29, 0.717) is 18.7 Å². The maximum absolute atomic E-state index is 12.5. The van der Waals surface area contributed by atoms with E-state index < -0.39 is 41.8 Å². The molecule has 10 heteroatoms. The highest BCUT2D eigenvalue weighted by Crippen LogP contribution is 2.41. The zero-order chi connectivity index (χ0) is 21.3. The molecule has 3 saturated heterocycles. The summed E-state index contributed by atoms with van der Waals surface area (Å²) >= 11 is 0. The van der Waals surface area contributed by atoms with Crippen LogP contribution >= 0.6 is 0 Å². The first-order valence-corrected chi connectivity index (χ1v) is 9.80. The van der Waals surface area contributed by atoms with Crippen LogP contribution in [0.2, 0.25) is 0 Å². The van der Waals surface area contributed by atoms with Gasteiger partial charge in [0.2, 0.25) is 11.5 Å². The molecule has 0 radical (unpaired) electrons. The van der Waals surface area contributed by atoms with Crippen LogP contribution in [0.5, 0.6) is 0 Å². The normalized spacial score (nSPS) is 29.6. The summed E-state index contributed by atoms with van der Waals surface area (Å²) in [6.45, 7) is 1.26. The minimum atomic E-state index is -1.65. The van der Waals surface area contributed by atoms with E-state index in [9.17, 15) is 19.2 Å². The topological polar surface area (TPSA) is 141 Å². The Bertz CT molecular complexity index is 854. The third-order valence-corrected chi connectivity index (χ3v) is 5.44. The number of likely N-dealkylation sites (tertiary alicyclic amines) is 1. The van der Waals surface area contributed by atoms with Crippen LogP contribution in [0.3, 0.4) is 0 Å². The lowest BCUT2D eigenvalue weighted by atomic mass is 9.95. The first-order valence-electron chi connectivity index (χ1n) is 9.80. The van der Waals surface area contributed by atoms with Crippen molar-refractivity contribution in [3.05, 3.63) is 35.9 Å². The highest BCUT2D eigenvalue weighted by molar-refractivity contribution is 5.96. The van der Waals surface area contributed by atoms with Gasteiger partial charge in [-0.1, -0.05) is 30.3 Å². The van der Waals surface area contributed by atoms with E-state index in [1.54, 1.807) is 35.2 Å². The molecule has 4 rings (SSSR count). The summed E-state index contributed by atoms with van der Waals surface area (Å²) < 4.78 is 10.4. The van der Waals surface area contributed by atoms with Gasteiger partial charge in [0.15, 0.2) is 18.3 Å². The number of rotatable bonds is 6. The molecule has 30 heavy (non-hydrogen) atoms. The van der Waals surface area contributed by atoms with Gasteiger partial charge in [0.05, 0.1) is 0 Å². The first-order chi connectivity index (χ1) is 14.4. The van der Waals surface area contributed by atoms with E-state index >= 15 is 0 Å². The summed E-state index contributed by atoms with van der Waals surface area (Å²) in [5, 5.41) is 0. The van der Waals surface area contributed by atoms with Gasteiger partial charge in [-0.15, -0.1) is 0 Å². The van der Waals surface area contributed by atoms with Crippen LogP contribution in [0.15, 0.2) is 30.3 Å². The number of nitrogens with two attached hydrogens (primary N) is 1. The van der Waals surface area contributed by atoms with Crippen molar-refractivity contribution >= 4 is 23.8 Å². The van der Waals surface area contributed by atoms with Crippen molar-refractivity contribution in [2.45, 2.75) is 49.6 Å². The third-order valence-electron chi connectivity index (χ3n) is 5.44. The van der Waals surface area contributed by atoms with Crippen molar-refractivity contribution < 1.29 is 38.4 Å². The molecule has 0 saturated carbocycles. The number of primary amides is 1. The number of benzene rings is 1. The van der Waals surface area contributed by atoms with Crippen molar-refractivity contribution in [3.63, 3.8) is 0 Å². The molecule has 160 valence electrons. The van der Waals surface area contributed by atoms with E-state index in [-0.39, 0.29) is 12.3 Å². The van der Waals surface area contributed by atoms with Crippen LogP contribution in [0.4, 0.5) is 0 Å². The van der Waals surface area contributed by atoms with Crippen LogP contribution in [-0.2, 0) is 44.8 Å². The Kier molecular flexibility index (Phi) is 5.44. The van der Waals surface area contributed by atoms with Gasteiger partial charge >= 0.3 is 11.9 Å². The van der Waals surface area contributed by atoms with Crippen LogP contribution in [0.25, 0.3) is 0 Å². The quantitative estimate of drug-likeness (QED) is 0.375. The molecule has 4 atom stereocenters. The maximum Gasteiger partial charge on any atom is 0.390 e. The van der Waals surface area contributed by atoms with E-state index in [0.717, 1.165) is 19.3 Å². The average molecular weight is 418 g/mol. The van der Waals surface area contributed by atoms with Gasteiger partial charge in [-0.3, -0.25) is 9.59 Å². The Morgan fingerprint density at radius 2 is 1.73 bits per heavy atom. The van der Waals surface area contributed by atoms with E-state index in [2.05, 4.69) is 9.78 Å². The summed E-state index contributed by atoms with van der Waals surface area (Å²) in [6, 6.07) is 8.82. The molecule has 0 aliphatic carbocycles. The molecule has 0 aromatic heterocycles. The fraction of sp³-hybridized carbons (Fsp3) is 0.500. The average Bonchev–Trinajstić information content (AvgIpc) is 3.67. The Balaban J connectivity index is 1.31. The largest absolute Gasteiger partial charge is 0.390 e. The SMILES string of the molecule is NC(=O)C1OC1(Cc1ccccc1)C(=O)OOC(=O)C1OC1C(=O)N1CCCCC1. The van der Waals surface area contributed by atoms with Crippen LogP contribution < -0.4 is 5.73 Å². The van der Waals surface area contributed by atoms with Crippen molar-refractivity contribution in [3.8, 4) is 0 Å². The summed E-state index contributed by atoms with van der Waals surface area (Å²) in [5.74, 6) is -3.15. The minimum absolute atomic E-state index is 0.0217. The lowest BCUT2D eigenvalue weighted by Crippen LogP contribution is -2.40. The van der Waals surface area contributed by atoms with Crippen LogP contribution in [-0.4, -0.2) is 65.7 Å². The van der Waals surface area contributed by atoms with Gasteiger partial charge in [-0.05, 0) is 24.8 Å². The molecule has 2 N–H and O–H groups in total. The second-order valence-electron chi connectivity index (χ2n) is 7.59. The predicted octanol–water partition coefficient (Wildman–Crippen LogP) is -0.367. The summed E-state index contributed by atoms with van der Waals surface area (Å²) in [6.07, 6.45) is -0.322. The second-order valence-corrected chi connectivity index (χ2v) is 7.59. The summed E-state index contributed by atoms with van der Waals surface area (Å²) in [7, 11) is 0. The van der Waals surface area contributed by atoms with E-state index in [4.69, 9.17) is 15.2 Å². The lowest BCUT2D eigenvalue weighted by Gasteiger charge is -2.25. The molecule has 2 amide bonds. The molecular weight excluding hydrogens is 396 g/mol. The molecule has 3 aliphatic rings. The highest BCUT2D eigenvalue weighted by atomic mass is 17.2. The second kappa shape index (κ2) is 8.04. The Labute approximate surface area is 172 Å². The number of nitrogens with zero attached hydrogens (tertiary/aromatic N) is 1. The van der Waals surface area contributed by atoms with Crippen molar-refractivity contribution in [1.82, 2.24) is 4.90 Å². The monoisotopic (exact) mass is 418 g/mol. The van der Waals surface area contributed by atoms with Crippen LogP contribution in [0.1, 0.15) is 24.8 Å². The maximum atomic E-state index is 12.5. The van der Waals surface area contributed by atoms with Gasteiger partial charge in [0, 0.05) is 19.5 Å². The van der Waals surface area contributed by atoms with Gasteiger partial charge < -0.3 is 20.1 Å². The van der Waals surface area contributed by atoms with Crippen molar-refractivity contribution in [2.24, 2.45) is 5.73 Å². The number of amides is 2. The molecule has 3 heterocycles. The van der Waals surface area contributed by atoms with Crippen molar-refractivity contribution in [1.29, 1.82) is 0 Å². The Morgan fingerprint density at radius 1 is 1.03 bits per heavy atom. The minimum Gasteiger partial charge on any atom is -0.367 e.